The minimum Gasteiger partial charge on any atom is -0.494 e. The third-order valence-corrected chi connectivity index (χ3v) is 6.04. The molecule has 1 amide bonds. The van der Waals surface area contributed by atoms with Crippen molar-refractivity contribution in [1.82, 2.24) is 9.88 Å². The summed E-state index contributed by atoms with van der Waals surface area (Å²) >= 11 is 0. The molecule has 0 unspecified atom stereocenters. The summed E-state index contributed by atoms with van der Waals surface area (Å²) in [6.07, 6.45) is 3.09. The third kappa shape index (κ3) is 4.53. The van der Waals surface area contributed by atoms with Gasteiger partial charge in [0.2, 0.25) is 5.91 Å². The number of aromatic nitrogens is 1. The molecule has 158 valence electrons. The van der Waals surface area contributed by atoms with E-state index < -0.39 is 0 Å². The maximum absolute atomic E-state index is 12.7. The molecule has 0 atom stereocenters. The van der Waals surface area contributed by atoms with Crippen LogP contribution in [0.2, 0.25) is 0 Å². The summed E-state index contributed by atoms with van der Waals surface area (Å²) in [6, 6.07) is 16.7. The number of rotatable bonds is 5. The number of carbonyl (C=O) groups is 1. The van der Waals surface area contributed by atoms with Crippen LogP contribution >= 0.6 is 0 Å². The van der Waals surface area contributed by atoms with Gasteiger partial charge in [0.25, 0.3) is 0 Å². The second-order valence-electron chi connectivity index (χ2n) is 9.23. The van der Waals surface area contributed by atoms with Crippen LogP contribution in [0, 0.1) is 0 Å². The predicted molar refractivity (Wildman–Crippen MR) is 122 cm³/mol. The van der Waals surface area contributed by atoms with Gasteiger partial charge >= 0.3 is 0 Å². The Bertz CT molecular complexity index is 1010. The minimum atomic E-state index is 0.144. The zero-order valence-electron chi connectivity index (χ0n) is 18.3. The van der Waals surface area contributed by atoms with Crippen LogP contribution in [0.25, 0.3) is 10.9 Å². The van der Waals surface area contributed by atoms with Crippen LogP contribution in [0.1, 0.15) is 50.4 Å². The van der Waals surface area contributed by atoms with Crippen molar-refractivity contribution in [3.63, 3.8) is 0 Å². The van der Waals surface area contributed by atoms with Gasteiger partial charge in [0.1, 0.15) is 5.75 Å². The SMILES string of the molecule is CC(C)(C)c1ccc(OCCCC(=O)N2CCc3[nH]c4ccccc4c3CC2)cc1. The van der Waals surface area contributed by atoms with E-state index >= 15 is 0 Å². The molecule has 2 aromatic carbocycles. The van der Waals surface area contributed by atoms with E-state index in [0.717, 1.165) is 38.1 Å². The van der Waals surface area contributed by atoms with Gasteiger partial charge in [0, 0.05) is 42.5 Å². The van der Waals surface area contributed by atoms with E-state index in [4.69, 9.17) is 4.74 Å². The van der Waals surface area contributed by atoms with Crippen LogP contribution < -0.4 is 4.74 Å². The van der Waals surface area contributed by atoms with Crippen LogP contribution in [-0.4, -0.2) is 35.5 Å². The van der Waals surface area contributed by atoms with Crippen LogP contribution in [0.4, 0.5) is 0 Å². The Morgan fingerprint density at radius 2 is 1.77 bits per heavy atom. The third-order valence-electron chi connectivity index (χ3n) is 6.04. The van der Waals surface area contributed by atoms with Gasteiger partial charge in [-0.15, -0.1) is 0 Å². The summed E-state index contributed by atoms with van der Waals surface area (Å²) in [5, 5.41) is 1.30. The molecule has 0 spiro atoms. The largest absolute Gasteiger partial charge is 0.494 e. The van der Waals surface area contributed by atoms with Crippen molar-refractivity contribution in [2.24, 2.45) is 0 Å². The zero-order chi connectivity index (χ0) is 21.1. The number of nitrogens with zero attached hydrogens (tertiary/aromatic N) is 1. The summed E-state index contributed by atoms with van der Waals surface area (Å²) in [7, 11) is 0. The first-order valence-corrected chi connectivity index (χ1v) is 11.0. The van der Waals surface area contributed by atoms with Gasteiger partial charge < -0.3 is 14.6 Å². The fraction of sp³-hybridized carbons (Fsp3) is 0.423. The molecule has 0 bridgehead atoms. The van der Waals surface area contributed by atoms with E-state index in [9.17, 15) is 4.79 Å². The van der Waals surface area contributed by atoms with Gasteiger partial charge in [-0.25, -0.2) is 0 Å². The molecule has 2 heterocycles. The number of hydrogen-bond donors (Lipinski definition) is 1. The number of nitrogens with one attached hydrogen (secondary N) is 1. The lowest BCUT2D eigenvalue weighted by Gasteiger charge is -2.20. The van der Waals surface area contributed by atoms with Crippen molar-refractivity contribution < 1.29 is 9.53 Å². The molecular weight excluding hydrogens is 372 g/mol. The lowest BCUT2D eigenvalue weighted by atomic mass is 9.87. The van der Waals surface area contributed by atoms with Crippen LogP contribution in [0.5, 0.6) is 5.75 Å². The zero-order valence-corrected chi connectivity index (χ0v) is 18.3. The van der Waals surface area contributed by atoms with Gasteiger partial charge in [-0.2, -0.15) is 0 Å². The molecule has 4 heteroatoms. The molecule has 0 saturated carbocycles. The van der Waals surface area contributed by atoms with Crippen LogP contribution in [0.3, 0.4) is 0 Å². The van der Waals surface area contributed by atoms with Gasteiger partial charge in [0.15, 0.2) is 0 Å². The highest BCUT2D eigenvalue weighted by molar-refractivity contribution is 5.85. The predicted octanol–water partition coefficient (Wildman–Crippen LogP) is 5.25. The summed E-state index contributed by atoms with van der Waals surface area (Å²) in [5.74, 6) is 1.10. The summed E-state index contributed by atoms with van der Waals surface area (Å²) in [4.78, 5) is 18.3. The van der Waals surface area contributed by atoms with Crippen molar-refractivity contribution in [2.45, 2.75) is 51.9 Å². The fourth-order valence-corrected chi connectivity index (χ4v) is 4.23. The number of aromatic amines is 1. The molecule has 0 aliphatic carbocycles. The molecule has 1 aliphatic rings. The first kappa shape index (κ1) is 20.5. The molecule has 4 nitrogen and oxygen atoms in total. The number of carbonyl (C=O) groups excluding carboxylic acids is 1. The first-order valence-electron chi connectivity index (χ1n) is 11.0. The summed E-state index contributed by atoms with van der Waals surface area (Å²) < 4.78 is 5.85. The Kier molecular flexibility index (Phi) is 5.85. The molecule has 4 rings (SSSR count). The van der Waals surface area contributed by atoms with E-state index in [-0.39, 0.29) is 11.3 Å². The molecule has 3 aromatic rings. The van der Waals surface area contributed by atoms with Gasteiger partial charge in [-0.1, -0.05) is 51.1 Å². The van der Waals surface area contributed by atoms with Crippen molar-refractivity contribution in [2.75, 3.05) is 19.7 Å². The molecule has 30 heavy (non-hydrogen) atoms. The fourth-order valence-electron chi connectivity index (χ4n) is 4.23. The molecule has 0 fully saturated rings. The Labute approximate surface area is 179 Å². The second kappa shape index (κ2) is 8.55. The molecule has 1 aliphatic heterocycles. The molecule has 0 radical (unpaired) electrons. The minimum absolute atomic E-state index is 0.144. The molecular formula is C26H32N2O2. The van der Waals surface area contributed by atoms with Crippen LogP contribution in [0.15, 0.2) is 48.5 Å². The normalized spacial score (nSPS) is 14.4. The highest BCUT2D eigenvalue weighted by Crippen LogP contribution is 2.26. The van der Waals surface area contributed by atoms with Gasteiger partial charge in [0.05, 0.1) is 6.61 Å². The maximum atomic E-state index is 12.7. The molecule has 1 aromatic heterocycles. The Balaban J connectivity index is 1.25. The number of hydrogen-bond acceptors (Lipinski definition) is 2. The maximum Gasteiger partial charge on any atom is 0.222 e. The Morgan fingerprint density at radius 1 is 1.03 bits per heavy atom. The van der Waals surface area contributed by atoms with E-state index in [1.54, 1.807) is 0 Å². The highest BCUT2D eigenvalue weighted by atomic mass is 16.5. The van der Waals surface area contributed by atoms with Crippen molar-refractivity contribution in [3.8, 4) is 5.75 Å². The van der Waals surface area contributed by atoms with Crippen molar-refractivity contribution in [1.29, 1.82) is 0 Å². The van der Waals surface area contributed by atoms with E-state index in [1.807, 2.05) is 17.0 Å². The molecule has 0 saturated heterocycles. The number of fused-ring (bicyclic) bond motifs is 3. The topological polar surface area (TPSA) is 45.3 Å². The Morgan fingerprint density at radius 3 is 2.53 bits per heavy atom. The number of ether oxygens (including phenoxy) is 1. The number of amides is 1. The van der Waals surface area contributed by atoms with Crippen molar-refractivity contribution in [3.05, 3.63) is 65.4 Å². The monoisotopic (exact) mass is 404 g/mol. The molecule has 1 N–H and O–H groups in total. The standard InChI is InChI=1S/C26H32N2O2/c1-26(2,3)19-10-12-20(13-11-19)30-18-6-9-25(29)28-16-14-22-21-7-4-5-8-23(21)27-24(22)15-17-28/h4-5,7-8,10-13,27H,6,9,14-18H2,1-3H3. The number of benzene rings is 2. The van der Waals surface area contributed by atoms with E-state index in [2.05, 4.69) is 62.2 Å². The van der Waals surface area contributed by atoms with E-state index in [0.29, 0.717) is 13.0 Å². The summed E-state index contributed by atoms with van der Waals surface area (Å²) in [5.41, 5.74) is 5.31. The van der Waals surface area contributed by atoms with E-state index in [1.165, 1.54) is 27.7 Å². The average molecular weight is 405 g/mol. The van der Waals surface area contributed by atoms with Crippen LogP contribution in [-0.2, 0) is 23.1 Å². The average Bonchev–Trinajstić information content (AvgIpc) is 2.95. The van der Waals surface area contributed by atoms with Gasteiger partial charge in [-0.3, -0.25) is 4.79 Å². The quantitative estimate of drug-likeness (QED) is 0.590. The lowest BCUT2D eigenvalue weighted by Crippen LogP contribution is -2.33. The lowest BCUT2D eigenvalue weighted by molar-refractivity contribution is -0.131. The number of para-hydroxylation sites is 1. The smallest absolute Gasteiger partial charge is 0.222 e. The second-order valence-corrected chi connectivity index (χ2v) is 9.23. The summed E-state index contributed by atoms with van der Waals surface area (Å²) in [6.45, 7) is 8.76. The highest BCUT2D eigenvalue weighted by Gasteiger charge is 2.21. The Hall–Kier alpha value is -2.75. The van der Waals surface area contributed by atoms with Crippen molar-refractivity contribution >= 4 is 16.8 Å². The number of H-pyrrole nitrogens is 1. The first-order chi connectivity index (χ1) is 14.4. The van der Waals surface area contributed by atoms with Gasteiger partial charge in [-0.05, 0) is 47.6 Å².